The van der Waals surface area contributed by atoms with Crippen molar-refractivity contribution in [2.24, 2.45) is 0 Å². The Morgan fingerprint density at radius 3 is 2.95 bits per heavy atom. The molecule has 0 heterocycles. The maximum atomic E-state index is 11.3. The van der Waals surface area contributed by atoms with Crippen molar-refractivity contribution in [2.45, 2.75) is 6.42 Å². The van der Waals surface area contributed by atoms with Crippen LogP contribution in [-0.4, -0.2) is 24.0 Å². The second kappa shape index (κ2) is 7.18. The quantitative estimate of drug-likeness (QED) is 0.485. The Labute approximate surface area is 113 Å². The van der Waals surface area contributed by atoms with Gasteiger partial charge in [0.25, 0.3) is 11.6 Å². The van der Waals surface area contributed by atoms with Gasteiger partial charge in [-0.25, -0.2) is 0 Å². The molecule has 0 aliphatic carbocycles. The summed E-state index contributed by atoms with van der Waals surface area (Å²) in [5.41, 5.74) is -0.177. The van der Waals surface area contributed by atoms with Crippen LogP contribution < -0.4 is 10.1 Å². The molecular formula is C11H10ClN3O4. The number of halogens is 1. The van der Waals surface area contributed by atoms with Crippen LogP contribution in [0.4, 0.5) is 5.69 Å². The third-order valence-electron chi connectivity index (χ3n) is 2.04. The Hall–Kier alpha value is -2.33. The van der Waals surface area contributed by atoms with Crippen molar-refractivity contribution >= 4 is 23.2 Å². The number of non-ortho nitro benzene ring substituents is 1. The van der Waals surface area contributed by atoms with E-state index in [1.807, 2.05) is 6.07 Å². The highest BCUT2D eigenvalue weighted by Gasteiger charge is 2.12. The van der Waals surface area contributed by atoms with E-state index in [1.54, 1.807) is 0 Å². The summed E-state index contributed by atoms with van der Waals surface area (Å²) in [5.74, 6) is -0.371. The molecule has 0 bridgehead atoms. The molecule has 7 nitrogen and oxygen atoms in total. The molecule has 0 fully saturated rings. The molecule has 1 rings (SSSR count). The summed E-state index contributed by atoms with van der Waals surface area (Å²) >= 11 is 5.79. The van der Waals surface area contributed by atoms with Gasteiger partial charge >= 0.3 is 0 Å². The van der Waals surface area contributed by atoms with E-state index in [0.717, 1.165) is 6.07 Å². The van der Waals surface area contributed by atoms with Gasteiger partial charge in [-0.15, -0.1) is 0 Å². The number of ether oxygens (including phenoxy) is 1. The number of benzene rings is 1. The van der Waals surface area contributed by atoms with Gasteiger partial charge < -0.3 is 10.1 Å². The van der Waals surface area contributed by atoms with Gasteiger partial charge in [-0.05, 0) is 6.07 Å². The van der Waals surface area contributed by atoms with Crippen LogP contribution in [0.5, 0.6) is 5.75 Å². The van der Waals surface area contributed by atoms with Crippen LogP contribution in [0.3, 0.4) is 0 Å². The lowest BCUT2D eigenvalue weighted by Crippen LogP contribution is -2.29. The molecule has 0 radical (unpaired) electrons. The number of rotatable bonds is 6. The minimum atomic E-state index is -0.587. The number of nitrogens with one attached hydrogen (secondary N) is 1. The average Bonchev–Trinajstić information content (AvgIpc) is 2.37. The fourth-order valence-corrected chi connectivity index (χ4v) is 1.34. The maximum Gasteiger partial charge on any atom is 0.273 e. The molecule has 19 heavy (non-hydrogen) atoms. The van der Waals surface area contributed by atoms with Crippen molar-refractivity contribution < 1.29 is 14.5 Å². The molecule has 0 saturated carbocycles. The standard InChI is InChI=1S/C11H10ClN3O4/c12-9-3-2-8(15(17)18)6-10(9)19-7-11(16)14-5-1-4-13/h2-3,6H,1,5,7H2,(H,14,16). The second-order valence-electron chi connectivity index (χ2n) is 3.42. The van der Waals surface area contributed by atoms with Crippen LogP contribution in [0.15, 0.2) is 18.2 Å². The number of nitro benzene ring substituents is 1. The zero-order chi connectivity index (χ0) is 14.3. The smallest absolute Gasteiger partial charge is 0.273 e. The zero-order valence-corrected chi connectivity index (χ0v) is 10.5. The molecule has 0 aliphatic heterocycles. The van der Waals surface area contributed by atoms with Gasteiger partial charge in [0.2, 0.25) is 0 Å². The van der Waals surface area contributed by atoms with E-state index in [4.69, 9.17) is 21.6 Å². The minimum absolute atomic E-state index is 0.0614. The number of hydrogen-bond donors (Lipinski definition) is 1. The fourth-order valence-electron chi connectivity index (χ4n) is 1.17. The Balaban J connectivity index is 2.57. The number of amides is 1. The first kappa shape index (κ1) is 14.7. The van der Waals surface area contributed by atoms with Gasteiger partial charge in [0.15, 0.2) is 6.61 Å². The van der Waals surface area contributed by atoms with Crippen LogP contribution >= 0.6 is 11.6 Å². The van der Waals surface area contributed by atoms with Gasteiger partial charge in [-0.3, -0.25) is 14.9 Å². The first-order valence-electron chi connectivity index (χ1n) is 5.25. The SMILES string of the molecule is N#CCCNC(=O)COc1cc([N+](=O)[O-])ccc1Cl. The lowest BCUT2D eigenvalue weighted by molar-refractivity contribution is -0.384. The van der Waals surface area contributed by atoms with Crippen molar-refractivity contribution in [1.82, 2.24) is 5.32 Å². The normalized spacial score (nSPS) is 9.47. The summed E-state index contributed by atoms with van der Waals surface area (Å²) < 4.78 is 5.09. The summed E-state index contributed by atoms with van der Waals surface area (Å²) in [6.45, 7) is -0.103. The second-order valence-corrected chi connectivity index (χ2v) is 3.83. The third kappa shape index (κ3) is 4.81. The lowest BCUT2D eigenvalue weighted by atomic mass is 10.3. The number of nitrogens with zero attached hydrogens (tertiary/aromatic N) is 2. The monoisotopic (exact) mass is 283 g/mol. The van der Waals surface area contributed by atoms with E-state index in [1.165, 1.54) is 12.1 Å². The molecule has 0 atom stereocenters. The number of hydrogen-bond acceptors (Lipinski definition) is 5. The lowest BCUT2D eigenvalue weighted by Gasteiger charge is -2.07. The number of carbonyl (C=O) groups excluding carboxylic acids is 1. The molecule has 8 heteroatoms. The summed E-state index contributed by atoms with van der Waals surface area (Å²) in [5, 5.41) is 21.5. The molecule has 1 aromatic carbocycles. The van der Waals surface area contributed by atoms with Gasteiger partial charge in [-0.1, -0.05) is 11.6 Å². The summed E-state index contributed by atoms with van der Waals surface area (Å²) in [7, 11) is 0. The molecular weight excluding hydrogens is 274 g/mol. The van der Waals surface area contributed by atoms with Crippen molar-refractivity contribution in [3.63, 3.8) is 0 Å². The van der Waals surface area contributed by atoms with E-state index < -0.39 is 10.8 Å². The third-order valence-corrected chi connectivity index (χ3v) is 2.36. The Morgan fingerprint density at radius 2 is 2.32 bits per heavy atom. The van der Waals surface area contributed by atoms with Crippen LogP contribution in [0.2, 0.25) is 5.02 Å². The van der Waals surface area contributed by atoms with E-state index in [2.05, 4.69) is 5.32 Å². The highest BCUT2D eigenvalue weighted by atomic mass is 35.5. The Morgan fingerprint density at radius 1 is 1.58 bits per heavy atom. The summed E-state index contributed by atoms with van der Waals surface area (Å²) in [4.78, 5) is 21.3. The molecule has 1 amide bonds. The first-order chi connectivity index (χ1) is 9.04. The van der Waals surface area contributed by atoms with Gasteiger partial charge in [0, 0.05) is 12.6 Å². The summed E-state index contributed by atoms with van der Waals surface area (Å²) in [6.07, 6.45) is 0.198. The maximum absolute atomic E-state index is 11.3. The van der Waals surface area contributed by atoms with E-state index in [-0.39, 0.29) is 36.0 Å². The Bertz CT molecular complexity index is 527. The van der Waals surface area contributed by atoms with Crippen molar-refractivity contribution in [2.75, 3.05) is 13.2 Å². The first-order valence-corrected chi connectivity index (χ1v) is 5.62. The van der Waals surface area contributed by atoms with Crippen LogP contribution in [0, 0.1) is 21.4 Å². The van der Waals surface area contributed by atoms with E-state index >= 15 is 0 Å². The molecule has 0 aromatic heterocycles. The van der Waals surface area contributed by atoms with Crippen molar-refractivity contribution in [1.29, 1.82) is 5.26 Å². The fraction of sp³-hybridized carbons (Fsp3) is 0.273. The van der Waals surface area contributed by atoms with Crippen LogP contribution in [-0.2, 0) is 4.79 Å². The largest absolute Gasteiger partial charge is 0.482 e. The molecule has 1 aromatic rings. The summed E-state index contributed by atoms with van der Waals surface area (Å²) in [6, 6.07) is 5.58. The molecule has 0 aliphatic rings. The predicted molar refractivity (Wildman–Crippen MR) is 66.8 cm³/mol. The topological polar surface area (TPSA) is 105 Å². The molecule has 1 N–H and O–H groups in total. The Kier molecular flexibility index (Phi) is 5.57. The number of nitriles is 1. The molecule has 0 spiro atoms. The molecule has 0 saturated heterocycles. The minimum Gasteiger partial charge on any atom is -0.482 e. The zero-order valence-electron chi connectivity index (χ0n) is 9.76. The predicted octanol–water partition coefficient (Wildman–Crippen LogP) is 1.66. The average molecular weight is 284 g/mol. The molecule has 100 valence electrons. The van der Waals surface area contributed by atoms with Crippen molar-refractivity contribution in [3.8, 4) is 11.8 Å². The van der Waals surface area contributed by atoms with Gasteiger partial charge in [0.1, 0.15) is 5.75 Å². The highest BCUT2D eigenvalue weighted by Crippen LogP contribution is 2.28. The van der Waals surface area contributed by atoms with Gasteiger partial charge in [0.05, 0.1) is 28.5 Å². The van der Waals surface area contributed by atoms with Crippen molar-refractivity contribution in [3.05, 3.63) is 33.3 Å². The van der Waals surface area contributed by atoms with Gasteiger partial charge in [-0.2, -0.15) is 5.26 Å². The van der Waals surface area contributed by atoms with Crippen LogP contribution in [0.1, 0.15) is 6.42 Å². The van der Waals surface area contributed by atoms with E-state index in [9.17, 15) is 14.9 Å². The highest BCUT2D eigenvalue weighted by molar-refractivity contribution is 6.32. The van der Waals surface area contributed by atoms with E-state index in [0.29, 0.717) is 0 Å². The number of carbonyl (C=O) groups is 1. The van der Waals surface area contributed by atoms with Crippen LogP contribution in [0.25, 0.3) is 0 Å². The number of nitro groups is 1. The molecule has 0 unspecified atom stereocenters.